The number of aryl methyl sites for hydroxylation is 2. The van der Waals surface area contributed by atoms with Gasteiger partial charge in [0.15, 0.2) is 0 Å². The fourth-order valence-corrected chi connectivity index (χ4v) is 4.04. The van der Waals surface area contributed by atoms with E-state index in [1.54, 1.807) is 13.2 Å². The molecule has 1 aliphatic rings. The second-order valence-electron chi connectivity index (χ2n) is 4.97. The molecule has 0 bridgehead atoms. The lowest BCUT2D eigenvalue weighted by Gasteiger charge is -2.21. The first kappa shape index (κ1) is 15.4. The summed E-state index contributed by atoms with van der Waals surface area (Å²) in [6, 6.07) is 5.45. The molecule has 0 aliphatic heterocycles. The zero-order valence-corrected chi connectivity index (χ0v) is 12.7. The van der Waals surface area contributed by atoms with Gasteiger partial charge in [-0.15, -0.1) is 0 Å². The Labute approximate surface area is 120 Å². The van der Waals surface area contributed by atoms with E-state index in [-0.39, 0.29) is 0 Å². The van der Waals surface area contributed by atoms with Gasteiger partial charge in [0.1, 0.15) is 0 Å². The number of fused-ring (bicyclic) bond motifs is 1. The van der Waals surface area contributed by atoms with Gasteiger partial charge in [0.25, 0.3) is 0 Å². The number of methoxy groups -OCH3 is 1. The number of sulfonamides is 1. The number of hydrogen-bond acceptors (Lipinski definition) is 4. The lowest BCUT2D eigenvalue weighted by Crippen LogP contribution is -2.37. The number of nitrogens with two attached hydrogens (primary N) is 1. The van der Waals surface area contributed by atoms with Crippen LogP contribution in [-0.2, 0) is 27.6 Å². The molecule has 0 fully saturated rings. The first-order chi connectivity index (χ1) is 9.59. The van der Waals surface area contributed by atoms with Crippen molar-refractivity contribution in [2.24, 2.45) is 5.73 Å². The van der Waals surface area contributed by atoms with Crippen molar-refractivity contribution in [2.75, 3.05) is 33.4 Å². The molecule has 1 aliphatic carbocycles. The molecule has 0 saturated heterocycles. The summed E-state index contributed by atoms with van der Waals surface area (Å²) in [6.45, 7) is 1.30. The topological polar surface area (TPSA) is 72.6 Å². The van der Waals surface area contributed by atoms with Crippen LogP contribution in [0.2, 0.25) is 0 Å². The predicted octanol–water partition coefficient (Wildman–Crippen LogP) is 0.771. The molecule has 6 heteroatoms. The second kappa shape index (κ2) is 6.67. The summed E-state index contributed by atoms with van der Waals surface area (Å²) in [6.07, 6.45) is 3.12. The van der Waals surface area contributed by atoms with Crippen molar-refractivity contribution >= 4 is 10.0 Å². The first-order valence-electron chi connectivity index (χ1n) is 6.90. The standard InChI is InChI=1S/C14H22N2O3S/c1-19-10-9-16(8-7-15)20(17,18)14-6-5-12-3-2-4-13(12)11-14/h5-6,11H,2-4,7-10,15H2,1H3. The third-order valence-electron chi connectivity index (χ3n) is 3.63. The van der Waals surface area contributed by atoms with E-state index in [1.165, 1.54) is 9.87 Å². The Kier molecular flexibility index (Phi) is 5.15. The van der Waals surface area contributed by atoms with Gasteiger partial charge >= 0.3 is 0 Å². The van der Waals surface area contributed by atoms with E-state index in [4.69, 9.17) is 10.5 Å². The van der Waals surface area contributed by atoms with Gasteiger partial charge in [-0.1, -0.05) is 6.07 Å². The highest BCUT2D eigenvalue weighted by molar-refractivity contribution is 7.89. The lowest BCUT2D eigenvalue weighted by molar-refractivity contribution is 0.179. The molecule has 5 nitrogen and oxygen atoms in total. The van der Waals surface area contributed by atoms with E-state index in [0.29, 0.717) is 31.1 Å². The Morgan fingerprint density at radius 2 is 2.00 bits per heavy atom. The van der Waals surface area contributed by atoms with E-state index in [0.717, 1.165) is 24.8 Å². The predicted molar refractivity (Wildman–Crippen MR) is 78.2 cm³/mol. The normalized spacial score (nSPS) is 14.8. The third kappa shape index (κ3) is 3.20. The molecule has 0 aromatic heterocycles. The molecule has 20 heavy (non-hydrogen) atoms. The van der Waals surface area contributed by atoms with Gasteiger partial charge in [-0.3, -0.25) is 0 Å². The fraction of sp³-hybridized carbons (Fsp3) is 0.571. The molecular weight excluding hydrogens is 276 g/mol. The van der Waals surface area contributed by atoms with E-state index >= 15 is 0 Å². The fourth-order valence-electron chi connectivity index (χ4n) is 2.55. The number of ether oxygens (including phenoxy) is 1. The Balaban J connectivity index is 2.27. The summed E-state index contributed by atoms with van der Waals surface area (Å²) in [5.74, 6) is 0. The molecule has 2 N–H and O–H groups in total. The zero-order chi connectivity index (χ0) is 14.6. The Hall–Kier alpha value is -0.950. The summed E-state index contributed by atoms with van der Waals surface area (Å²) in [4.78, 5) is 0.364. The van der Waals surface area contributed by atoms with E-state index < -0.39 is 10.0 Å². The Bertz CT molecular complexity index is 558. The quantitative estimate of drug-likeness (QED) is 0.807. The smallest absolute Gasteiger partial charge is 0.243 e. The number of benzene rings is 1. The molecule has 0 saturated carbocycles. The highest BCUT2D eigenvalue weighted by Gasteiger charge is 2.25. The van der Waals surface area contributed by atoms with Gasteiger partial charge in [0.05, 0.1) is 11.5 Å². The summed E-state index contributed by atoms with van der Waals surface area (Å²) < 4.78 is 31.7. The molecular formula is C14H22N2O3S. The van der Waals surface area contributed by atoms with Crippen molar-refractivity contribution < 1.29 is 13.2 Å². The van der Waals surface area contributed by atoms with Crippen LogP contribution in [0.4, 0.5) is 0 Å². The minimum absolute atomic E-state index is 0.299. The monoisotopic (exact) mass is 298 g/mol. The van der Waals surface area contributed by atoms with Crippen molar-refractivity contribution in [1.82, 2.24) is 4.31 Å². The summed E-state index contributed by atoms with van der Waals surface area (Å²) in [7, 11) is -1.93. The van der Waals surface area contributed by atoms with Crippen LogP contribution in [-0.4, -0.2) is 46.1 Å². The number of nitrogens with zero attached hydrogens (tertiary/aromatic N) is 1. The van der Waals surface area contributed by atoms with Crippen LogP contribution < -0.4 is 5.73 Å². The van der Waals surface area contributed by atoms with Crippen molar-refractivity contribution in [3.05, 3.63) is 29.3 Å². The average molecular weight is 298 g/mol. The SMILES string of the molecule is COCCN(CCN)S(=O)(=O)c1ccc2c(c1)CCC2. The van der Waals surface area contributed by atoms with E-state index in [1.807, 2.05) is 12.1 Å². The molecule has 0 unspecified atom stereocenters. The molecule has 0 heterocycles. The average Bonchev–Trinajstić information content (AvgIpc) is 2.90. The zero-order valence-electron chi connectivity index (χ0n) is 11.8. The van der Waals surface area contributed by atoms with Gasteiger partial charge in [-0.05, 0) is 42.5 Å². The van der Waals surface area contributed by atoms with Crippen LogP contribution in [0.25, 0.3) is 0 Å². The van der Waals surface area contributed by atoms with Gasteiger partial charge in [-0.25, -0.2) is 8.42 Å². The minimum Gasteiger partial charge on any atom is -0.383 e. The highest BCUT2D eigenvalue weighted by atomic mass is 32.2. The van der Waals surface area contributed by atoms with Crippen LogP contribution in [0.5, 0.6) is 0 Å². The van der Waals surface area contributed by atoms with Crippen LogP contribution in [0.15, 0.2) is 23.1 Å². The van der Waals surface area contributed by atoms with Crippen molar-refractivity contribution in [2.45, 2.75) is 24.2 Å². The first-order valence-corrected chi connectivity index (χ1v) is 8.34. The Morgan fingerprint density at radius 3 is 2.70 bits per heavy atom. The van der Waals surface area contributed by atoms with Gasteiger partial charge in [-0.2, -0.15) is 4.31 Å². The van der Waals surface area contributed by atoms with Crippen molar-refractivity contribution in [1.29, 1.82) is 0 Å². The van der Waals surface area contributed by atoms with Gasteiger partial charge < -0.3 is 10.5 Å². The molecule has 0 amide bonds. The number of hydrogen-bond donors (Lipinski definition) is 1. The van der Waals surface area contributed by atoms with Crippen molar-refractivity contribution in [3.8, 4) is 0 Å². The van der Waals surface area contributed by atoms with Crippen LogP contribution in [0.3, 0.4) is 0 Å². The maximum absolute atomic E-state index is 12.6. The highest BCUT2D eigenvalue weighted by Crippen LogP contribution is 2.26. The van der Waals surface area contributed by atoms with Crippen LogP contribution in [0, 0.1) is 0 Å². The summed E-state index contributed by atoms with van der Waals surface area (Å²) in [5, 5.41) is 0. The maximum Gasteiger partial charge on any atom is 0.243 e. The molecule has 0 radical (unpaired) electrons. The maximum atomic E-state index is 12.6. The van der Waals surface area contributed by atoms with Crippen LogP contribution >= 0.6 is 0 Å². The molecule has 1 aromatic carbocycles. The molecule has 112 valence electrons. The number of rotatable bonds is 7. The molecule has 0 atom stereocenters. The molecule has 2 rings (SSSR count). The largest absolute Gasteiger partial charge is 0.383 e. The van der Waals surface area contributed by atoms with Gasteiger partial charge in [0.2, 0.25) is 10.0 Å². The third-order valence-corrected chi connectivity index (χ3v) is 5.53. The van der Waals surface area contributed by atoms with E-state index in [9.17, 15) is 8.42 Å². The van der Waals surface area contributed by atoms with Crippen LogP contribution in [0.1, 0.15) is 17.5 Å². The summed E-state index contributed by atoms with van der Waals surface area (Å²) >= 11 is 0. The Morgan fingerprint density at radius 1 is 1.25 bits per heavy atom. The van der Waals surface area contributed by atoms with E-state index in [2.05, 4.69) is 0 Å². The van der Waals surface area contributed by atoms with Crippen molar-refractivity contribution in [3.63, 3.8) is 0 Å². The van der Waals surface area contributed by atoms with Gasteiger partial charge in [0, 0.05) is 26.7 Å². The minimum atomic E-state index is -3.48. The molecule has 0 spiro atoms. The summed E-state index contributed by atoms with van der Waals surface area (Å²) in [5.41, 5.74) is 7.95. The lowest BCUT2D eigenvalue weighted by atomic mass is 10.1. The molecule has 1 aromatic rings. The second-order valence-corrected chi connectivity index (χ2v) is 6.91.